The van der Waals surface area contributed by atoms with Gasteiger partial charge < -0.3 is 18.8 Å². The second-order valence-electron chi connectivity index (χ2n) is 10.2. The third-order valence-corrected chi connectivity index (χ3v) is 7.44. The van der Waals surface area contributed by atoms with Crippen LogP contribution >= 0.6 is 0 Å². The van der Waals surface area contributed by atoms with Crippen LogP contribution in [0.15, 0.2) is 54.7 Å². The van der Waals surface area contributed by atoms with Crippen molar-refractivity contribution in [3.8, 4) is 11.6 Å². The Hall–Kier alpha value is -3.63. The van der Waals surface area contributed by atoms with E-state index in [1.165, 1.54) is 6.07 Å². The number of hydrogen-bond donors (Lipinski definition) is 0. The van der Waals surface area contributed by atoms with Crippen LogP contribution in [-0.2, 0) is 24.4 Å². The summed E-state index contributed by atoms with van der Waals surface area (Å²) in [4.78, 5) is 16.0. The van der Waals surface area contributed by atoms with Crippen molar-refractivity contribution < 1.29 is 23.0 Å². The Bertz CT molecular complexity index is 1440. The molecular formula is C29H31F2N5O3. The Kier molecular flexibility index (Phi) is 7.38. The van der Waals surface area contributed by atoms with Crippen LogP contribution in [0.2, 0.25) is 0 Å². The molecule has 8 nitrogen and oxygen atoms in total. The first-order valence-electron chi connectivity index (χ1n) is 13.4. The molecule has 4 aromatic rings. The largest absolute Gasteiger partial charge is 0.483 e. The Morgan fingerprint density at radius 3 is 2.74 bits per heavy atom. The summed E-state index contributed by atoms with van der Waals surface area (Å²) in [5, 5.41) is 0. The number of benzene rings is 2. The Morgan fingerprint density at radius 2 is 1.95 bits per heavy atom. The van der Waals surface area contributed by atoms with Crippen LogP contribution in [0.3, 0.4) is 0 Å². The molecule has 0 radical (unpaired) electrons. The first kappa shape index (κ1) is 25.6. The fraction of sp³-hybridized carbons (Fsp3) is 0.414. The van der Waals surface area contributed by atoms with Crippen molar-refractivity contribution in [3.63, 3.8) is 0 Å². The second kappa shape index (κ2) is 11.2. The highest BCUT2D eigenvalue weighted by atomic mass is 19.1. The molecule has 2 aliphatic heterocycles. The molecule has 0 spiro atoms. The van der Waals surface area contributed by atoms with Gasteiger partial charge in [0.25, 0.3) is 0 Å². The smallest absolute Gasteiger partial charge is 0.216 e. The zero-order valence-electron chi connectivity index (χ0n) is 21.8. The van der Waals surface area contributed by atoms with Crippen molar-refractivity contribution >= 4 is 11.0 Å². The Balaban J connectivity index is 1.06. The van der Waals surface area contributed by atoms with Crippen LogP contribution in [0.1, 0.15) is 37.8 Å². The monoisotopic (exact) mass is 535 g/mol. The van der Waals surface area contributed by atoms with Gasteiger partial charge in [-0.3, -0.25) is 4.90 Å². The summed E-state index contributed by atoms with van der Waals surface area (Å²) in [6.07, 6.45) is 4.66. The maximum atomic E-state index is 13.9. The average molecular weight is 536 g/mol. The number of ether oxygens (including phenoxy) is 3. The van der Waals surface area contributed by atoms with Gasteiger partial charge in [-0.2, -0.15) is 4.98 Å². The third-order valence-electron chi connectivity index (χ3n) is 7.44. The summed E-state index contributed by atoms with van der Waals surface area (Å²) in [5.74, 6) is 0.396. The number of para-hydroxylation sites is 2. The van der Waals surface area contributed by atoms with Gasteiger partial charge in [0, 0.05) is 37.5 Å². The van der Waals surface area contributed by atoms with Gasteiger partial charge in [-0.25, -0.2) is 18.7 Å². The maximum Gasteiger partial charge on any atom is 0.216 e. The van der Waals surface area contributed by atoms with Crippen LogP contribution in [0.25, 0.3) is 11.0 Å². The molecule has 0 amide bonds. The predicted octanol–water partition coefficient (Wildman–Crippen LogP) is 4.90. The molecule has 0 aliphatic carbocycles. The molecule has 0 N–H and O–H groups in total. The quantitative estimate of drug-likeness (QED) is 0.302. The van der Waals surface area contributed by atoms with Gasteiger partial charge >= 0.3 is 0 Å². The lowest BCUT2D eigenvalue weighted by Gasteiger charge is -2.37. The predicted molar refractivity (Wildman–Crippen MR) is 140 cm³/mol. The van der Waals surface area contributed by atoms with Crippen molar-refractivity contribution in [3.05, 3.63) is 78.0 Å². The standard InChI is InChI=1S/C29H31F2N5O3/c1-19-14-21(39-29-8-11-32-27(34-29)18-38-26-7-6-20(30)15-23(26)31)9-12-35(19)17-28-33-24-4-2-3-5-25(24)36(28)16-22-10-13-37-22/h2-8,11,15,19,21-22H,9-10,12-14,16-18H2,1H3/t19-,21-,22-/m0/s1. The SMILES string of the molecule is C[C@H]1C[C@@H](Oc2ccnc(COc3ccc(F)cc3F)n2)CCN1Cc1nc2ccccc2n1C[C@@H]1CCO1. The minimum absolute atomic E-state index is 0.0108. The molecule has 39 heavy (non-hydrogen) atoms. The first-order chi connectivity index (χ1) is 19.0. The van der Waals surface area contributed by atoms with E-state index in [0.29, 0.717) is 17.7 Å². The Labute approximate surface area is 225 Å². The number of rotatable bonds is 9. The molecule has 10 heteroatoms. The molecule has 2 aromatic carbocycles. The average Bonchev–Trinajstić information content (AvgIpc) is 3.24. The van der Waals surface area contributed by atoms with Crippen LogP contribution in [0, 0.1) is 11.6 Å². The van der Waals surface area contributed by atoms with E-state index in [2.05, 4.69) is 44.6 Å². The van der Waals surface area contributed by atoms with E-state index in [0.717, 1.165) is 74.5 Å². The van der Waals surface area contributed by atoms with Gasteiger partial charge in [-0.1, -0.05) is 12.1 Å². The topological polar surface area (TPSA) is 74.5 Å². The number of hydrogen-bond acceptors (Lipinski definition) is 7. The third kappa shape index (κ3) is 5.86. The van der Waals surface area contributed by atoms with Crippen LogP contribution < -0.4 is 9.47 Å². The van der Waals surface area contributed by atoms with Crippen molar-refractivity contribution in [1.29, 1.82) is 0 Å². The van der Waals surface area contributed by atoms with Crippen molar-refractivity contribution in [1.82, 2.24) is 24.4 Å². The van der Waals surface area contributed by atoms with E-state index < -0.39 is 11.6 Å². The van der Waals surface area contributed by atoms with E-state index >= 15 is 0 Å². The number of halogens is 2. The van der Waals surface area contributed by atoms with E-state index in [1.54, 1.807) is 12.3 Å². The van der Waals surface area contributed by atoms with Crippen molar-refractivity contribution in [2.75, 3.05) is 13.2 Å². The fourth-order valence-corrected chi connectivity index (χ4v) is 5.20. The van der Waals surface area contributed by atoms with Crippen LogP contribution in [0.4, 0.5) is 8.78 Å². The minimum Gasteiger partial charge on any atom is -0.483 e. The molecule has 0 saturated carbocycles. The molecule has 6 rings (SSSR count). The van der Waals surface area contributed by atoms with E-state index in [1.807, 2.05) is 6.07 Å². The molecule has 2 saturated heterocycles. The highest BCUT2D eigenvalue weighted by Gasteiger charge is 2.29. The summed E-state index contributed by atoms with van der Waals surface area (Å²) < 4.78 is 46.6. The van der Waals surface area contributed by atoms with Gasteiger partial charge in [0.2, 0.25) is 5.88 Å². The molecule has 2 aliphatic rings. The number of nitrogens with zero attached hydrogens (tertiary/aromatic N) is 5. The number of fused-ring (bicyclic) bond motifs is 1. The van der Waals surface area contributed by atoms with Gasteiger partial charge in [-0.05, 0) is 50.5 Å². The van der Waals surface area contributed by atoms with E-state index in [4.69, 9.17) is 19.2 Å². The fourth-order valence-electron chi connectivity index (χ4n) is 5.20. The molecular weight excluding hydrogens is 504 g/mol. The molecule has 0 unspecified atom stereocenters. The van der Waals surface area contributed by atoms with Gasteiger partial charge in [0.05, 0.1) is 30.2 Å². The summed E-state index contributed by atoms with van der Waals surface area (Å²) in [6.45, 7) is 5.47. The minimum atomic E-state index is -0.768. The molecule has 0 bridgehead atoms. The molecule has 3 atom stereocenters. The molecule has 204 valence electrons. The summed E-state index contributed by atoms with van der Waals surface area (Å²) in [7, 11) is 0. The Morgan fingerprint density at radius 1 is 1.08 bits per heavy atom. The van der Waals surface area contributed by atoms with Crippen LogP contribution in [-0.4, -0.2) is 55.8 Å². The van der Waals surface area contributed by atoms with Gasteiger partial charge in [0.1, 0.15) is 24.4 Å². The lowest BCUT2D eigenvalue weighted by atomic mass is 10.0. The second-order valence-corrected chi connectivity index (χ2v) is 10.2. The molecule has 4 heterocycles. The van der Waals surface area contributed by atoms with Crippen molar-refractivity contribution in [2.45, 2.75) is 64.1 Å². The number of piperidine rings is 1. The molecule has 2 fully saturated rings. The van der Waals surface area contributed by atoms with E-state index in [-0.39, 0.29) is 24.6 Å². The zero-order valence-corrected chi connectivity index (χ0v) is 21.8. The molecule has 2 aromatic heterocycles. The van der Waals surface area contributed by atoms with Crippen molar-refractivity contribution in [2.24, 2.45) is 0 Å². The van der Waals surface area contributed by atoms with Crippen LogP contribution in [0.5, 0.6) is 11.6 Å². The normalized spacial score (nSPS) is 21.6. The van der Waals surface area contributed by atoms with E-state index in [9.17, 15) is 8.78 Å². The highest BCUT2D eigenvalue weighted by Crippen LogP contribution is 2.26. The lowest BCUT2D eigenvalue weighted by Crippen LogP contribution is -2.44. The number of imidazole rings is 1. The lowest BCUT2D eigenvalue weighted by molar-refractivity contribution is -0.0593. The van der Waals surface area contributed by atoms with Gasteiger partial charge in [0.15, 0.2) is 17.4 Å². The summed E-state index contributed by atoms with van der Waals surface area (Å²) >= 11 is 0. The maximum absolute atomic E-state index is 13.9. The number of likely N-dealkylation sites (tertiary alicyclic amines) is 1. The first-order valence-corrected chi connectivity index (χ1v) is 13.4. The summed E-state index contributed by atoms with van der Waals surface area (Å²) in [5.41, 5.74) is 2.17. The zero-order chi connectivity index (χ0) is 26.8. The summed E-state index contributed by atoms with van der Waals surface area (Å²) in [6, 6.07) is 13.5. The number of aromatic nitrogens is 4. The highest BCUT2D eigenvalue weighted by molar-refractivity contribution is 5.75. The van der Waals surface area contributed by atoms with Gasteiger partial charge in [-0.15, -0.1) is 0 Å².